The monoisotopic (exact) mass is 2000 g/mol. The number of sulfonamides is 2. The van der Waals surface area contributed by atoms with Crippen molar-refractivity contribution < 1.29 is 82.7 Å². The van der Waals surface area contributed by atoms with Crippen LogP contribution < -0.4 is 18.8 Å². The Morgan fingerprint density at radius 1 is 0.449 bits per heavy atom. The lowest BCUT2D eigenvalue weighted by Crippen LogP contribution is -2.40. The Morgan fingerprint density at radius 3 is 1.30 bits per heavy atom. The fourth-order valence-corrected chi connectivity index (χ4v) is 19.6. The number of ether oxygens (including phenoxy) is 6. The zero-order valence-electron chi connectivity index (χ0n) is 79.5. The average Bonchev–Trinajstić information content (AvgIpc) is 1.62. The predicted octanol–water partition coefficient (Wildman–Crippen LogP) is 23.0. The number of likely N-dealkylation sites (tertiary alicyclic amines) is 1. The Labute approximate surface area is 828 Å². The summed E-state index contributed by atoms with van der Waals surface area (Å²) in [4.78, 5) is 54.3. The van der Waals surface area contributed by atoms with Crippen LogP contribution in [0.2, 0.25) is 20.1 Å². The molecular weight excluding hydrogens is 1880 g/mol. The van der Waals surface area contributed by atoms with Crippen molar-refractivity contribution in [3.05, 3.63) is 360 Å². The molecule has 138 heavy (non-hydrogen) atoms. The van der Waals surface area contributed by atoms with Gasteiger partial charge in [-0.2, -0.15) is 0 Å². The lowest BCUT2D eigenvalue weighted by Gasteiger charge is -2.30. The molecule has 3 heterocycles. The molecule has 3 saturated heterocycles. The number of aliphatic hydroxyl groups excluding tert-OH is 1. The number of hydrogen-bond donors (Lipinski definition) is 2. The molecule has 3 fully saturated rings. The van der Waals surface area contributed by atoms with Crippen LogP contribution in [0.1, 0.15) is 141 Å². The smallest absolute Gasteiger partial charge is 0.253 e. The third kappa shape index (κ3) is 29.9. The first kappa shape index (κ1) is 109. The van der Waals surface area contributed by atoms with Crippen LogP contribution in [0.5, 0.6) is 0 Å². The van der Waals surface area contributed by atoms with E-state index in [9.17, 15) is 54.3 Å². The van der Waals surface area contributed by atoms with E-state index in [0.29, 0.717) is 120 Å². The summed E-state index contributed by atoms with van der Waals surface area (Å²) in [7, 11) is 8.25. The Balaban J connectivity index is 0.000000171. The van der Waals surface area contributed by atoms with Crippen molar-refractivity contribution in [2.75, 3.05) is 115 Å². The SMILES string of the molecule is COC(c1ccc(F)cc1)c1cccc(C(=O)N(C)C)c1.COC(c1ccc(F)cc1)c1cccc(C(=O)N2CCC(O)CC2)c1.COCc1c(C(=O)NC(C)C)cccc1-c1ccc(Cl)cc1.COCc1cc(N(C)C(=O)C(C)C)ccc1-c1ccc(Cl)cc1.COCc1cc(N2CCCS2(=O)=O)c(F)cc1-c1ccc(Cl)cc1.COCc1cc(N2CCCS2(=O)=O)ccc1-c1ccc(Cl)cc1. The third-order valence-electron chi connectivity index (χ3n) is 22.8. The topological polar surface area (TPSA) is 240 Å². The lowest BCUT2D eigenvalue weighted by molar-refractivity contribution is -0.121. The molecule has 3 aliphatic rings. The van der Waals surface area contributed by atoms with Crippen LogP contribution in [0, 0.1) is 23.4 Å². The number of nitrogens with one attached hydrogen (secondary N) is 1. The second-order valence-electron chi connectivity index (χ2n) is 33.7. The zero-order valence-corrected chi connectivity index (χ0v) is 84.1. The van der Waals surface area contributed by atoms with Crippen LogP contribution >= 0.6 is 46.4 Å². The van der Waals surface area contributed by atoms with Crippen LogP contribution in [-0.2, 0) is 79.7 Å². The molecule has 2 N–H and O–H groups in total. The molecule has 15 rings (SSSR count). The molecule has 12 aromatic rings. The van der Waals surface area contributed by atoms with Crippen molar-refractivity contribution >= 4 is 107 Å². The van der Waals surface area contributed by atoms with Gasteiger partial charge in [-0.25, -0.2) is 30.0 Å². The molecule has 4 amide bonds. The van der Waals surface area contributed by atoms with E-state index in [1.807, 2.05) is 185 Å². The van der Waals surface area contributed by atoms with Gasteiger partial charge in [-0.05, 0) is 268 Å². The van der Waals surface area contributed by atoms with E-state index in [1.165, 1.54) is 39.5 Å². The fourth-order valence-electron chi connectivity index (χ4n) is 15.9. The molecule has 0 bridgehead atoms. The maximum Gasteiger partial charge on any atom is 0.253 e. The van der Waals surface area contributed by atoms with E-state index in [4.69, 9.17) is 74.8 Å². The second-order valence-corrected chi connectivity index (χ2v) is 39.5. The number of halogens is 7. The lowest BCUT2D eigenvalue weighted by atomic mass is 9.95. The summed E-state index contributed by atoms with van der Waals surface area (Å²) in [5, 5.41) is 15.2. The minimum atomic E-state index is -3.44. The summed E-state index contributed by atoms with van der Waals surface area (Å²) < 4.78 is 124. The largest absolute Gasteiger partial charge is 0.393 e. The van der Waals surface area contributed by atoms with Gasteiger partial charge in [0, 0.05) is 144 Å². The number of amides is 4. The molecule has 3 aliphatic heterocycles. The summed E-state index contributed by atoms with van der Waals surface area (Å²) in [6, 6.07) is 77.3. The highest BCUT2D eigenvalue weighted by Crippen LogP contribution is 2.39. The van der Waals surface area contributed by atoms with Gasteiger partial charge in [0.15, 0.2) is 0 Å². The molecule has 0 spiro atoms. The van der Waals surface area contributed by atoms with Crippen molar-refractivity contribution in [1.29, 1.82) is 0 Å². The highest BCUT2D eigenvalue weighted by Gasteiger charge is 2.33. The molecule has 0 aromatic heterocycles. The minimum Gasteiger partial charge on any atom is -0.393 e. The highest BCUT2D eigenvalue weighted by molar-refractivity contribution is 7.93. The molecule has 730 valence electrons. The first-order valence-corrected chi connectivity index (χ1v) is 49.5. The predicted molar refractivity (Wildman–Crippen MR) is 545 cm³/mol. The number of piperidine rings is 1. The summed E-state index contributed by atoms with van der Waals surface area (Å²) in [6.07, 6.45) is 1.38. The maximum absolute atomic E-state index is 14.7. The molecule has 2 unspecified atom stereocenters. The summed E-state index contributed by atoms with van der Waals surface area (Å²) >= 11 is 23.8. The molecule has 30 heteroatoms. The van der Waals surface area contributed by atoms with Crippen LogP contribution in [-0.4, -0.2) is 169 Å². The standard InChI is InChI=1S/C20H22FNO3.C19H22ClNO2.C18H20ClNO2.C17H17ClFNO3S.C17H18ClNO3S.C17H18FNO2/c1-25-19(14-5-7-17(21)8-6-14)15-3-2-4-16(13-15)20(24)22-11-9-18(23)10-12-22;1-13(2)19(22)21(3)17-9-10-18(15(11-17)12-23-4)14-5-7-16(20)8-6-14;1-12(2)20-18(21)16-6-4-5-15(17(16)11-22-3)13-7-9-14(19)10-8-13;1-23-11-13-9-17(20-7-2-8-24(20,21)22)16(19)10-15(13)12-3-5-14(18)6-4-12;1-22-12-14-11-16(19-9-2-10-23(19,20)21)7-8-17(14)13-3-5-15(18)6-4-13;1-19(2)17(20)14-6-4-5-13(11-14)16(21-3)12-7-9-15(18)10-8-12/h2-8,13,18-19,23H,9-12H2,1H3;5-11,13H,12H2,1-4H3;4-10,12H,11H2,1-3H3,(H,20,21);3-6,9-10H,2,7-8,11H2,1H3;3-8,11H,2,9-10,12H2,1H3;4-11,16H,1-3H3. The van der Waals surface area contributed by atoms with Gasteiger partial charge in [0.2, 0.25) is 26.0 Å². The normalized spacial score (nSPS) is 14.0. The van der Waals surface area contributed by atoms with Crippen molar-refractivity contribution in [2.24, 2.45) is 5.92 Å². The molecule has 0 radical (unpaired) electrons. The van der Waals surface area contributed by atoms with Crippen molar-refractivity contribution in [1.82, 2.24) is 15.1 Å². The summed E-state index contributed by atoms with van der Waals surface area (Å²) in [5.41, 5.74) is 18.1. The third-order valence-corrected chi connectivity index (χ3v) is 27.5. The van der Waals surface area contributed by atoms with Gasteiger partial charge in [-0.15, -0.1) is 0 Å². The highest BCUT2D eigenvalue weighted by atomic mass is 35.5. The molecular formula is C108H117Cl4F3N6O15S2. The van der Waals surface area contributed by atoms with E-state index in [0.717, 1.165) is 93.4 Å². The fraction of sp³-hybridized carbons (Fsp3) is 0.296. The van der Waals surface area contributed by atoms with E-state index in [1.54, 1.807) is 146 Å². The zero-order chi connectivity index (χ0) is 100. The van der Waals surface area contributed by atoms with E-state index < -0.39 is 25.9 Å². The van der Waals surface area contributed by atoms with Gasteiger partial charge in [-0.3, -0.25) is 27.8 Å². The van der Waals surface area contributed by atoms with E-state index in [2.05, 4.69) is 5.32 Å². The molecule has 0 saturated carbocycles. The van der Waals surface area contributed by atoms with Crippen molar-refractivity contribution in [3.63, 3.8) is 0 Å². The van der Waals surface area contributed by atoms with E-state index >= 15 is 0 Å². The van der Waals surface area contributed by atoms with Gasteiger partial charge in [0.05, 0.1) is 55.4 Å². The first-order valence-electron chi connectivity index (χ1n) is 44.7. The second kappa shape index (κ2) is 52.1. The quantitative estimate of drug-likeness (QED) is 0.0512. The van der Waals surface area contributed by atoms with Crippen LogP contribution in [0.15, 0.2) is 261 Å². The maximum atomic E-state index is 14.7. The molecule has 21 nitrogen and oxygen atoms in total. The Bertz CT molecular complexity index is 6310. The number of nitrogens with zero attached hydrogens (tertiary/aromatic N) is 5. The number of carbonyl (C=O) groups excluding carboxylic acids is 4. The van der Waals surface area contributed by atoms with Gasteiger partial charge < -0.3 is 53.5 Å². The van der Waals surface area contributed by atoms with Gasteiger partial charge in [0.1, 0.15) is 29.7 Å². The molecule has 0 aliphatic carbocycles. The van der Waals surface area contributed by atoms with Crippen LogP contribution in [0.4, 0.5) is 30.2 Å². The number of benzene rings is 12. The first-order chi connectivity index (χ1) is 66.0. The summed E-state index contributed by atoms with van der Waals surface area (Å²) in [6.45, 7) is 11.2. The summed E-state index contributed by atoms with van der Waals surface area (Å²) in [5.74, 6) is -1.03. The number of hydrogen-bond acceptors (Lipinski definition) is 15. The van der Waals surface area contributed by atoms with Crippen molar-refractivity contribution in [3.8, 4) is 44.5 Å². The Morgan fingerprint density at radius 2 is 0.870 bits per heavy atom. The van der Waals surface area contributed by atoms with Gasteiger partial charge in [0.25, 0.3) is 17.7 Å². The van der Waals surface area contributed by atoms with Crippen molar-refractivity contribution in [2.45, 2.75) is 104 Å². The van der Waals surface area contributed by atoms with Crippen LogP contribution in [0.25, 0.3) is 44.5 Å². The number of anilines is 3. The Kier molecular flexibility index (Phi) is 41.0. The van der Waals surface area contributed by atoms with Crippen LogP contribution in [0.3, 0.4) is 0 Å². The molecule has 2 atom stereocenters. The Hall–Kier alpha value is -11.3. The van der Waals surface area contributed by atoms with Gasteiger partial charge in [-0.1, -0.05) is 182 Å². The number of aliphatic hydroxyl groups is 1. The number of methoxy groups -OCH3 is 6. The van der Waals surface area contributed by atoms with Gasteiger partial charge >= 0.3 is 0 Å². The number of rotatable bonds is 26. The minimum absolute atomic E-state index is 0.0392. The molecule has 12 aromatic carbocycles. The average molecular weight is 2000 g/mol. The van der Waals surface area contributed by atoms with E-state index in [-0.39, 0.29) is 89.3 Å². The number of carbonyl (C=O) groups is 4.